The zero-order chi connectivity index (χ0) is 15.2. The lowest BCUT2D eigenvalue weighted by Crippen LogP contribution is -2.47. The van der Waals surface area contributed by atoms with Gasteiger partial charge in [-0.05, 0) is 37.8 Å². The highest BCUT2D eigenvalue weighted by Crippen LogP contribution is 2.38. The molecule has 2 N–H and O–H groups in total. The molecule has 1 aromatic heterocycles. The van der Waals surface area contributed by atoms with E-state index in [9.17, 15) is 18.0 Å². The minimum Gasteiger partial charge on any atom is -0.351 e. The van der Waals surface area contributed by atoms with E-state index in [-0.39, 0.29) is 6.04 Å². The number of nitrogens with two attached hydrogens (primary N) is 1. The molecule has 0 amide bonds. The number of alkyl halides is 3. The molecule has 0 aliphatic carbocycles. The van der Waals surface area contributed by atoms with Crippen molar-refractivity contribution in [3.63, 3.8) is 0 Å². The summed E-state index contributed by atoms with van der Waals surface area (Å²) in [6.07, 6.45) is -0.0331. The SMILES string of the molecule is NC1CC2CC[C@H](C1)N2c1ccc(C(=O)C(F)(F)F)cn1. The van der Waals surface area contributed by atoms with Crippen LogP contribution in [0.1, 0.15) is 36.0 Å². The van der Waals surface area contributed by atoms with Crippen molar-refractivity contribution in [3.8, 4) is 0 Å². The predicted molar refractivity (Wildman–Crippen MR) is 71.1 cm³/mol. The van der Waals surface area contributed by atoms with Crippen molar-refractivity contribution in [1.82, 2.24) is 4.98 Å². The maximum Gasteiger partial charge on any atom is 0.454 e. The van der Waals surface area contributed by atoms with Gasteiger partial charge in [0.2, 0.25) is 0 Å². The normalized spacial score (nSPS) is 28.8. The van der Waals surface area contributed by atoms with Gasteiger partial charge in [-0.2, -0.15) is 13.2 Å². The molecule has 3 atom stereocenters. The molecule has 0 saturated carbocycles. The zero-order valence-corrected chi connectivity index (χ0v) is 11.3. The van der Waals surface area contributed by atoms with Crippen LogP contribution < -0.4 is 10.6 Å². The second-order valence-corrected chi connectivity index (χ2v) is 5.76. The first-order valence-corrected chi connectivity index (χ1v) is 6.98. The number of carbonyl (C=O) groups excluding carboxylic acids is 1. The quantitative estimate of drug-likeness (QED) is 0.851. The summed E-state index contributed by atoms with van der Waals surface area (Å²) in [4.78, 5) is 17.4. The summed E-state index contributed by atoms with van der Waals surface area (Å²) in [6.45, 7) is 0. The molecule has 2 fully saturated rings. The van der Waals surface area contributed by atoms with Crippen LogP contribution >= 0.6 is 0 Å². The molecular formula is C14H16F3N3O. The summed E-state index contributed by atoms with van der Waals surface area (Å²) in [5.41, 5.74) is 5.57. The van der Waals surface area contributed by atoms with E-state index in [1.807, 2.05) is 0 Å². The maximum absolute atomic E-state index is 12.4. The molecule has 1 aromatic rings. The fraction of sp³-hybridized carbons (Fsp3) is 0.571. The van der Waals surface area contributed by atoms with Gasteiger partial charge in [0, 0.05) is 29.9 Å². The largest absolute Gasteiger partial charge is 0.454 e. The van der Waals surface area contributed by atoms with Crippen molar-refractivity contribution >= 4 is 11.6 Å². The molecule has 0 spiro atoms. The Kier molecular flexibility index (Phi) is 3.39. The first-order chi connectivity index (χ1) is 9.86. The summed E-state index contributed by atoms with van der Waals surface area (Å²) in [7, 11) is 0. The van der Waals surface area contributed by atoms with Crippen LogP contribution in [0.25, 0.3) is 0 Å². The van der Waals surface area contributed by atoms with Gasteiger partial charge in [0.15, 0.2) is 0 Å². The highest BCUT2D eigenvalue weighted by molar-refractivity contribution is 6.00. The van der Waals surface area contributed by atoms with Gasteiger partial charge in [0.25, 0.3) is 5.78 Å². The Morgan fingerprint density at radius 3 is 2.33 bits per heavy atom. The standard InChI is InChI=1S/C14H16F3N3O/c15-14(16,17)13(21)8-1-4-12(19-7-8)20-10-2-3-11(20)6-9(18)5-10/h1,4,7,9-11H,2-3,5-6,18H2/t9?,10-,11?/m1/s1. The van der Waals surface area contributed by atoms with Crippen molar-refractivity contribution in [1.29, 1.82) is 0 Å². The number of anilines is 1. The van der Waals surface area contributed by atoms with Crippen molar-refractivity contribution in [2.45, 2.75) is 50.0 Å². The lowest BCUT2D eigenvalue weighted by Gasteiger charge is -2.38. The number of nitrogens with zero attached hydrogens (tertiary/aromatic N) is 2. The predicted octanol–water partition coefficient (Wildman–Crippen LogP) is 2.29. The number of pyridine rings is 1. The third-order valence-electron chi connectivity index (χ3n) is 4.30. The Morgan fingerprint density at radius 1 is 1.24 bits per heavy atom. The van der Waals surface area contributed by atoms with Gasteiger partial charge in [-0.15, -0.1) is 0 Å². The first-order valence-electron chi connectivity index (χ1n) is 6.98. The highest BCUT2D eigenvalue weighted by Gasteiger charge is 2.41. The fourth-order valence-corrected chi connectivity index (χ4v) is 3.43. The molecule has 114 valence electrons. The van der Waals surface area contributed by atoms with Gasteiger partial charge in [-0.1, -0.05) is 0 Å². The number of hydrogen-bond donors (Lipinski definition) is 1. The Bertz CT molecular complexity index is 529. The van der Waals surface area contributed by atoms with E-state index >= 15 is 0 Å². The monoisotopic (exact) mass is 299 g/mol. The number of hydrogen-bond acceptors (Lipinski definition) is 4. The molecule has 0 aromatic carbocycles. The molecule has 2 bridgehead atoms. The molecule has 2 unspecified atom stereocenters. The Balaban J connectivity index is 1.81. The van der Waals surface area contributed by atoms with Gasteiger partial charge < -0.3 is 10.6 Å². The molecule has 2 saturated heterocycles. The molecule has 4 nitrogen and oxygen atoms in total. The number of rotatable bonds is 2. The fourth-order valence-electron chi connectivity index (χ4n) is 3.43. The van der Waals surface area contributed by atoms with Crippen LogP contribution in [0.15, 0.2) is 18.3 Å². The van der Waals surface area contributed by atoms with Gasteiger partial charge in [0.05, 0.1) is 0 Å². The van der Waals surface area contributed by atoms with E-state index in [0.717, 1.165) is 31.9 Å². The van der Waals surface area contributed by atoms with Gasteiger partial charge >= 0.3 is 6.18 Å². The second-order valence-electron chi connectivity index (χ2n) is 5.76. The molecule has 21 heavy (non-hydrogen) atoms. The number of fused-ring (bicyclic) bond motifs is 2. The summed E-state index contributed by atoms with van der Waals surface area (Å²) < 4.78 is 37.1. The molecule has 7 heteroatoms. The molecule has 3 heterocycles. The van der Waals surface area contributed by atoms with Gasteiger partial charge in [0.1, 0.15) is 5.82 Å². The van der Waals surface area contributed by atoms with Crippen LogP contribution in [0.5, 0.6) is 0 Å². The van der Waals surface area contributed by atoms with E-state index in [2.05, 4.69) is 9.88 Å². The molecular weight excluding hydrogens is 283 g/mol. The van der Waals surface area contributed by atoms with Crippen LogP contribution in [0.3, 0.4) is 0 Å². The second kappa shape index (κ2) is 4.98. The zero-order valence-electron chi connectivity index (χ0n) is 11.3. The minimum absolute atomic E-state index is 0.185. The van der Waals surface area contributed by atoms with Crippen LogP contribution in [0.4, 0.5) is 19.0 Å². The van der Waals surface area contributed by atoms with E-state index in [4.69, 9.17) is 5.73 Å². The first kappa shape index (κ1) is 14.3. The minimum atomic E-state index is -4.86. The summed E-state index contributed by atoms with van der Waals surface area (Å²) in [5, 5.41) is 0. The van der Waals surface area contributed by atoms with E-state index in [1.165, 1.54) is 12.1 Å². The van der Waals surface area contributed by atoms with Crippen LogP contribution in [0.2, 0.25) is 0 Å². The van der Waals surface area contributed by atoms with Crippen LogP contribution in [0, 0.1) is 0 Å². The third kappa shape index (κ3) is 2.62. The van der Waals surface area contributed by atoms with Crippen molar-refractivity contribution in [2.24, 2.45) is 5.73 Å². The summed E-state index contributed by atoms with van der Waals surface area (Å²) >= 11 is 0. The average Bonchev–Trinajstić information content (AvgIpc) is 2.69. The van der Waals surface area contributed by atoms with Crippen molar-refractivity contribution in [2.75, 3.05) is 4.90 Å². The maximum atomic E-state index is 12.4. The molecule has 2 aliphatic rings. The topological polar surface area (TPSA) is 59.2 Å². The highest BCUT2D eigenvalue weighted by atomic mass is 19.4. The van der Waals surface area contributed by atoms with Crippen molar-refractivity contribution in [3.05, 3.63) is 23.9 Å². The number of halogens is 3. The number of aromatic nitrogens is 1. The Morgan fingerprint density at radius 2 is 1.86 bits per heavy atom. The third-order valence-corrected chi connectivity index (χ3v) is 4.30. The average molecular weight is 299 g/mol. The van der Waals surface area contributed by atoms with E-state index in [1.54, 1.807) is 0 Å². The lowest BCUT2D eigenvalue weighted by molar-refractivity contribution is -0.0885. The van der Waals surface area contributed by atoms with Crippen molar-refractivity contribution < 1.29 is 18.0 Å². The number of piperidine rings is 1. The summed E-state index contributed by atoms with van der Waals surface area (Å²) in [5.74, 6) is -1.22. The number of carbonyl (C=O) groups is 1. The van der Waals surface area contributed by atoms with Crippen LogP contribution in [-0.2, 0) is 0 Å². The molecule has 3 rings (SSSR count). The van der Waals surface area contributed by atoms with E-state index in [0.29, 0.717) is 17.9 Å². The lowest BCUT2D eigenvalue weighted by atomic mass is 9.98. The van der Waals surface area contributed by atoms with Gasteiger partial charge in [-0.25, -0.2) is 4.98 Å². The molecule has 0 radical (unpaired) electrons. The summed E-state index contributed by atoms with van der Waals surface area (Å²) in [6, 6.07) is 3.49. The Hall–Kier alpha value is -1.63. The van der Waals surface area contributed by atoms with Crippen LogP contribution in [-0.4, -0.2) is 35.1 Å². The van der Waals surface area contributed by atoms with Gasteiger partial charge in [-0.3, -0.25) is 4.79 Å². The molecule has 2 aliphatic heterocycles. The van der Waals surface area contributed by atoms with E-state index < -0.39 is 17.5 Å². The number of Topliss-reactive ketones (excluding diaryl/α,β-unsaturated/α-hetero) is 1. The Labute approximate surface area is 120 Å². The number of ketones is 1. The smallest absolute Gasteiger partial charge is 0.351 e.